The predicted molar refractivity (Wildman–Crippen MR) is 136 cm³/mol. The fourth-order valence-corrected chi connectivity index (χ4v) is 4.34. The molecule has 5 nitrogen and oxygen atoms in total. The van der Waals surface area contributed by atoms with Crippen LogP contribution in [0.2, 0.25) is 0 Å². The molecule has 0 bridgehead atoms. The minimum atomic E-state index is -0.513. The minimum absolute atomic E-state index is 0.0228. The van der Waals surface area contributed by atoms with E-state index in [0.717, 1.165) is 36.5 Å². The molecule has 1 fully saturated rings. The number of rotatable bonds is 8. The number of alkyl carbamates (subject to hydrolysis) is 1. The van der Waals surface area contributed by atoms with E-state index in [0.29, 0.717) is 11.5 Å². The molecule has 1 aliphatic rings. The minimum Gasteiger partial charge on any atom is -0.444 e. The highest BCUT2D eigenvalue weighted by Crippen LogP contribution is 2.36. The molecular weight excluding hydrogens is 424 g/mol. The van der Waals surface area contributed by atoms with Crippen LogP contribution in [0.15, 0.2) is 72.8 Å². The summed E-state index contributed by atoms with van der Waals surface area (Å²) in [4.78, 5) is 25.2. The van der Waals surface area contributed by atoms with Crippen LogP contribution in [0.4, 0.5) is 4.79 Å². The van der Waals surface area contributed by atoms with Crippen molar-refractivity contribution >= 4 is 22.8 Å². The number of fused-ring (bicyclic) bond motifs is 1. The van der Waals surface area contributed by atoms with E-state index in [1.165, 1.54) is 5.56 Å². The number of carbonyl (C=O) groups excluding carboxylic acids is 2. The summed E-state index contributed by atoms with van der Waals surface area (Å²) in [5, 5.41) is 8.41. The molecule has 0 heterocycles. The van der Waals surface area contributed by atoms with Gasteiger partial charge in [0.2, 0.25) is 0 Å². The second-order valence-electron chi connectivity index (χ2n) is 10.2. The highest BCUT2D eigenvalue weighted by atomic mass is 16.6. The standard InChI is InChI=1S/C29H34N2O3/c1-29(2,3)34-28(33)31-26-19-24(26)18-25(16-13-20-9-5-4-6-10-20)30-27(32)23-15-14-21-11-7-8-12-22(21)17-23/h4-12,14-15,17,24-26H,13,16,18-19H2,1-3H3,(H,30,32)(H,31,33)/t24-,25-,26+/m1/s1. The molecule has 3 atom stereocenters. The monoisotopic (exact) mass is 458 g/mol. The molecule has 34 heavy (non-hydrogen) atoms. The molecule has 0 spiro atoms. The number of amides is 2. The summed E-state index contributed by atoms with van der Waals surface area (Å²) in [7, 11) is 0. The van der Waals surface area contributed by atoms with Crippen molar-refractivity contribution in [1.82, 2.24) is 10.6 Å². The Hall–Kier alpha value is -3.34. The first kappa shape index (κ1) is 23.8. The van der Waals surface area contributed by atoms with E-state index in [1.807, 2.05) is 81.4 Å². The maximum absolute atomic E-state index is 13.1. The molecule has 3 aromatic rings. The molecule has 3 aromatic carbocycles. The highest BCUT2D eigenvalue weighted by molar-refractivity contribution is 5.98. The van der Waals surface area contributed by atoms with E-state index in [-0.39, 0.29) is 24.1 Å². The molecular formula is C29H34N2O3. The van der Waals surface area contributed by atoms with Crippen LogP contribution in [-0.2, 0) is 11.2 Å². The topological polar surface area (TPSA) is 67.4 Å². The van der Waals surface area contributed by atoms with E-state index in [2.05, 4.69) is 22.8 Å². The van der Waals surface area contributed by atoms with Crippen LogP contribution in [0.5, 0.6) is 0 Å². The molecule has 0 unspecified atom stereocenters. The zero-order chi connectivity index (χ0) is 24.1. The van der Waals surface area contributed by atoms with E-state index < -0.39 is 5.60 Å². The number of aryl methyl sites for hydroxylation is 1. The van der Waals surface area contributed by atoms with Crippen molar-refractivity contribution < 1.29 is 14.3 Å². The van der Waals surface area contributed by atoms with Crippen molar-refractivity contribution in [1.29, 1.82) is 0 Å². The van der Waals surface area contributed by atoms with E-state index >= 15 is 0 Å². The Morgan fingerprint density at radius 2 is 1.68 bits per heavy atom. The summed E-state index contributed by atoms with van der Waals surface area (Å²) in [6, 6.07) is 24.3. The third-order valence-corrected chi connectivity index (χ3v) is 6.18. The maximum atomic E-state index is 13.1. The number of hydrogen-bond acceptors (Lipinski definition) is 3. The van der Waals surface area contributed by atoms with Gasteiger partial charge < -0.3 is 15.4 Å². The van der Waals surface area contributed by atoms with Crippen LogP contribution in [0, 0.1) is 5.92 Å². The molecule has 0 radical (unpaired) electrons. The fourth-order valence-electron chi connectivity index (χ4n) is 4.34. The van der Waals surface area contributed by atoms with Gasteiger partial charge in [-0.25, -0.2) is 4.79 Å². The number of carbonyl (C=O) groups is 2. The average molecular weight is 459 g/mol. The van der Waals surface area contributed by atoms with Crippen molar-refractivity contribution in [2.24, 2.45) is 5.92 Å². The van der Waals surface area contributed by atoms with Crippen molar-refractivity contribution in [2.75, 3.05) is 0 Å². The van der Waals surface area contributed by atoms with Gasteiger partial charge in [-0.2, -0.15) is 0 Å². The van der Waals surface area contributed by atoms with Crippen molar-refractivity contribution in [3.63, 3.8) is 0 Å². The summed E-state index contributed by atoms with van der Waals surface area (Å²) in [5.41, 5.74) is 1.41. The second kappa shape index (κ2) is 10.3. The molecule has 0 aromatic heterocycles. The average Bonchev–Trinajstić information content (AvgIpc) is 3.53. The van der Waals surface area contributed by atoms with E-state index in [4.69, 9.17) is 4.74 Å². The van der Waals surface area contributed by atoms with E-state index in [9.17, 15) is 9.59 Å². The normalized spacial score (nSPS) is 18.2. The summed E-state index contributed by atoms with van der Waals surface area (Å²) < 4.78 is 5.38. The van der Waals surface area contributed by atoms with Gasteiger partial charge in [0.15, 0.2) is 0 Å². The molecule has 0 aliphatic heterocycles. The van der Waals surface area contributed by atoms with Gasteiger partial charge in [-0.05, 0) is 80.8 Å². The number of ether oxygens (including phenoxy) is 1. The van der Waals surface area contributed by atoms with Crippen LogP contribution in [-0.4, -0.2) is 29.7 Å². The van der Waals surface area contributed by atoms with Crippen LogP contribution in [0.25, 0.3) is 10.8 Å². The first-order chi connectivity index (χ1) is 16.3. The van der Waals surface area contributed by atoms with Crippen LogP contribution >= 0.6 is 0 Å². The summed E-state index contributed by atoms with van der Waals surface area (Å²) in [6.45, 7) is 5.58. The van der Waals surface area contributed by atoms with Gasteiger partial charge in [-0.1, -0.05) is 60.7 Å². The smallest absolute Gasteiger partial charge is 0.407 e. The first-order valence-corrected chi connectivity index (χ1v) is 12.1. The third kappa shape index (κ3) is 6.83. The van der Waals surface area contributed by atoms with Crippen molar-refractivity contribution in [3.8, 4) is 0 Å². The number of nitrogens with one attached hydrogen (secondary N) is 2. The molecule has 1 saturated carbocycles. The lowest BCUT2D eigenvalue weighted by Gasteiger charge is -2.21. The van der Waals surface area contributed by atoms with Gasteiger partial charge in [0, 0.05) is 17.6 Å². The zero-order valence-corrected chi connectivity index (χ0v) is 20.2. The van der Waals surface area contributed by atoms with Gasteiger partial charge >= 0.3 is 6.09 Å². The largest absolute Gasteiger partial charge is 0.444 e. The van der Waals surface area contributed by atoms with Crippen molar-refractivity contribution in [2.45, 2.75) is 64.1 Å². The van der Waals surface area contributed by atoms with Crippen LogP contribution < -0.4 is 10.6 Å². The predicted octanol–water partition coefficient (Wildman–Crippen LogP) is 5.87. The molecule has 2 N–H and O–H groups in total. The lowest BCUT2D eigenvalue weighted by molar-refractivity contribution is 0.0520. The summed E-state index contributed by atoms with van der Waals surface area (Å²) >= 11 is 0. The lowest BCUT2D eigenvalue weighted by atomic mass is 10.00. The Bertz CT molecular complexity index is 1140. The molecule has 5 heteroatoms. The summed E-state index contributed by atoms with van der Waals surface area (Å²) in [5.74, 6) is 0.284. The Morgan fingerprint density at radius 3 is 2.41 bits per heavy atom. The zero-order valence-electron chi connectivity index (χ0n) is 20.2. The van der Waals surface area contributed by atoms with Crippen LogP contribution in [0.3, 0.4) is 0 Å². The van der Waals surface area contributed by atoms with Crippen molar-refractivity contribution in [3.05, 3.63) is 83.9 Å². The summed E-state index contributed by atoms with van der Waals surface area (Å²) in [6.07, 6.45) is 3.10. The maximum Gasteiger partial charge on any atom is 0.407 e. The van der Waals surface area contributed by atoms with Gasteiger partial charge in [-0.3, -0.25) is 4.79 Å². The van der Waals surface area contributed by atoms with E-state index in [1.54, 1.807) is 0 Å². The Kier molecular flexibility index (Phi) is 7.20. The van der Waals surface area contributed by atoms with Gasteiger partial charge in [0.1, 0.15) is 5.60 Å². The molecule has 1 aliphatic carbocycles. The van der Waals surface area contributed by atoms with Crippen LogP contribution in [0.1, 0.15) is 56.0 Å². The van der Waals surface area contributed by atoms with Gasteiger partial charge in [-0.15, -0.1) is 0 Å². The first-order valence-electron chi connectivity index (χ1n) is 12.1. The Labute approximate surface area is 201 Å². The SMILES string of the molecule is CC(C)(C)OC(=O)N[C@H]1C[C@H]1C[C@@H](CCc1ccccc1)NC(=O)c1ccc2ccccc2c1. The second-order valence-corrected chi connectivity index (χ2v) is 10.2. The molecule has 2 amide bonds. The lowest BCUT2D eigenvalue weighted by Crippen LogP contribution is -2.37. The molecule has 0 saturated heterocycles. The van der Waals surface area contributed by atoms with Gasteiger partial charge in [0.25, 0.3) is 5.91 Å². The Balaban J connectivity index is 1.39. The molecule has 178 valence electrons. The number of hydrogen-bond donors (Lipinski definition) is 2. The highest BCUT2D eigenvalue weighted by Gasteiger charge is 2.40. The fraction of sp³-hybridized carbons (Fsp3) is 0.379. The Morgan fingerprint density at radius 1 is 0.971 bits per heavy atom. The third-order valence-electron chi connectivity index (χ3n) is 6.18. The quantitative estimate of drug-likeness (QED) is 0.443. The molecule has 4 rings (SSSR count). The van der Waals surface area contributed by atoms with Gasteiger partial charge in [0.05, 0.1) is 0 Å². The number of benzene rings is 3.